The average Bonchev–Trinajstić information content (AvgIpc) is 3.07. The molecule has 0 aliphatic carbocycles. The van der Waals surface area contributed by atoms with Crippen LogP contribution in [-0.2, 0) is 11.3 Å². The molecular weight excluding hydrogens is 366 g/mol. The van der Waals surface area contributed by atoms with Gasteiger partial charge in [0.15, 0.2) is 0 Å². The first kappa shape index (κ1) is 18.1. The van der Waals surface area contributed by atoms with Crippen molar-refractivity contribution in [1.82, 2.24) is 14.0 Å². The second-order valence-corrected chi connectivity index (χ2v) is 7.20. The third-order valence-electron chi connectivity index (χ3n) is 4.70. The van der Waals surface area contributed by atoms with E-state index in [2.05, 4.69) is 6.92 Å². The Kier molecular flexibility index (Phi) is 5.18. The first-order valence-corrected chi connectivity index (χ1v) is 9.67. The lowest BCUT2D eigenvalue weighted by Crippen LogP contribution is -2.39. The normalized spacial score (nSPS) is 14.4. The van der Waals surface area contributed by atoms with E-state index in [0.29, 0.717) is 29.9 Å². The van der Waals surface area contributed by atoms with Crippen molar-refractivity contribution in [1.29, 1.82) is 0 Å². The molecule has 1 fully saturated rings. The number of aromatic nitrogens is 3. The van der Waals surface area contributed by atoms with Gasteiger partial charge < -0.3 is 9.47 Å². The number of hydrogen-bond acceptors (Lipinski definition) is 4. The molecule has 3 heterocycles. The highest BCUT2D eigenvalue weighted by Gasteiger charge is 2.23. The van der Waals surface area contributed by atoms with Crippen molar-refractivity contribution in [3.8, 4) is 17.1 Å². The lowest BCUT2D eigenvalue weighted by molar-refractivity contribution is -0.0827. The van der Waals surface area contributed by atoms with E-state index < -0.39 is 0 Å². The molecule has 0 bridgehead atoms. The van der Waals surface area contributed by atoms with Gasteiger partial charge in [-0.25, -0.2) is 4.98 Å². The van der Waals surface area contributed by atoms with Crippen LogP contribution in [0.4, 0.5) is 0 Å². The number of hydrogen-bond donors (Lipinski definition) is 0. The van der Waals surface area contributed by atoms with Gasteiger partial charge in [-0.2, -0.15) is 0 Å². The lowest BCUT2D eigenvalue weighted by Gasteiger charge is -2.28. The molecule has 4 rings (SSSR count). The smallest absolute Gasteiger partial charge is 0.262 e. The van der Waals surface area contributed by atoms with Gasteiger partial charge in [0.25, 0.3) is 5.56 Å². The van der Waals surface area contributed by atoms with E-state index in [1.165, 1.54) is 0 Å². The molecule has 0 spiro atoms. The van der Waals surface area contributed by atoms with E-state index in [0.717, 1.165) is 37.1 Å². The fourth-order valence-corrected chi connectivity index (χ4v) is 3.24. The molecule has 27 heavy (non-hydrogen) atoms. The Balaban J connectivity index is 1.78. The fourth-order valence-electron chi connectivity index (χ4n) is 3.12. The van der Waals surface area contributed by atoms with Gasteiger partial charge in [-0.3, -0.25) is 13.8 Å². The summed E-state index contributed by atoms with van der Waals surface area (Å²) in [6, 6.07) is 8.99. The first-order chi connectivity index (χ1) is 13.2. The largest absolute Gasteiger partial charge is 0.470 e. The maximum Gasteiger partial charge on any atom is 0.262 e. The number of fused-ring (bicyclic) bond motifs is 1. The molecule has 7 heteroatoms. The average molecular weight is 388 g/mol. The highest BCUT2D eigenvalue weighted by Crippen LogP contribution is 2.24. The monoisotopic (exact) mass is 387 g/mol. The third-order valence-corrected chi connectivity index (χ3v) is 4.95. The van der Waals surface area contributed by atoms with Crippen molar-refractivity contribution in [2.24, 2.45) is 0 Å². The molecule has 0 amide bonds. The molecule has 1 aromatic carbocycles. The molecule has 1 aliphatic heterocycles. The van der Waals surface area contributed by atoms with E-state index >= 15 is 0 Å². The Bertz CT molecular complexity index is 990. The van der Waals surface area contributed by atoms with Crippen LogP contribution < -0.4 is 10.3 Å². The van der Waals surface area contributed by atoms with Crippen molar-refractivity contribution in [2.45, 2.75) is 38.8 Å². The number of rotatable bonds is 7. The van der Waals surface area contributed by atoms with Crippen LogP contribution in [0.1, 0.15) is 26.2 Å². The SMILES string of the molecule is CCCCCn1c(OC2COC2)cc(=O)n2cc(-c3ccc(Cl)cc3)nc12. The minimum atomic E-state index is -0.153. The number of imidazole rings is 1. The van der Waals surface area contributed by atoms with E-state index in [1.807, 2.05) is 28.8 Å². The topological polar surface area (TPSA) is 57.8 Å². The van der Waals surface area contributed by atoms with Crippen molar-refractivity contribution in [3.63, 3.8) is 0 Å². The minimum absolute atomic E-state index is 0.00465. The van der Waals surface area contributed by atoms with E-state index in [1.54, 1.807) is 16.7 Å². The number of halogens is 1. The molecule has 0 unspecified atom stereocenters. The van der Waals surface area contributed by atoms with Crippen molar-refractivity contribution < 1.29 is 9.47 Å². The van der Waals surface area contributed by atoms with Crippen molar-refractivity contribution in [3.05, 3.63) is 51.9 Å². The number of nitrogens with zero attached hydrogens (tertiary/aromatic N) is 3. The second kappa shape index (κ2) is 7.74. The Morgan fingerprint density at radius 2 is 2.04 bits per heavy atom. The van der Waals surface area contributed by atoms with Gasteiger partial charge in [0.05, 0.1) is 25.0 Å². The van der Waals surface area contributed by atoms with Gasteiger partial charge in [-0.05, 0) is 18.6 Å². The van der Waals surface area contributed by atoms with Crippen molar-refractivity contribution in [2.75, 3.05) is 13.2 Å². The summed E-state index contributed by atoms with van der Waals surface area (Å²) in [4.78, 5) is 17.4. The zero-order valence-corrected chi connectivity index (χ0v) is 16.0. The van der Waals surface area contributed by atoms with Crippen molar-refractivity contribution >= 4 is 17.4 Å². The van der Waals surface area contributed by atoms with Crippen LogP contribution >= 0.6 is 11.6 Å². The van der Waals surface area contributed by atoms with Crippen LogP contribution in [0.25, 0.3) is 17.0 Å². The molecule has 6 nitrogen and oxygen atoms in total. The highest BCUT2D eigenvalue weighted by molar-refractivity contribution is 6.30. The molecule has 2 aromatic heterocycles. The molecule has 0 saturated carbocycles. The first-order valence-electron chi connectivity index (χ1n) is 9.29. The zero-order chi connectivity index (χ0) is 18.8. The molecular formula is C20H22ClN3O3. The van der Waals surface area contributed by atoms with Gasteiger partial charge in [0, 0.05) is 23.3 Å². The van der Waals surface area contributed by atoms with Crippen LogP contribution in [-0.4, -0.2) is 33.3 Å². The molecule has 1 aliphatic rings. The minimum Gasteiger partial charge on any atom is -0.470 e. The summed E-state index contributed by atoms with van der Waals surface area (Å²) in [6.45, 7) is 4.02. The number of ether oxygens (including phenoxy) is 2. The van der Waals surface area contributed by atoms with Gasteiger partial charge in [0.1, 0.15) is 6.10 Å². The molecule has 0 N–H and O–H groups in total. The summed E-state index contributed by atoms with van der Waals surface area (Å²) in [5.41, 5.74) is 1.49. The van der Waals surface area contributed by atoms with Gasteiger partial charge in [-0.1, -0.05) is 43.5 Å². The van der Waals surface area contributed by atoms with E-state index in [9.17, 15) is 4.79 Å². The summed E-state index contributed by atoms with van der Waals surface area (Å²) in [7, 11) is 0. The number of unbranched alkanes of at least 4 members (excludes halogenated alkanes) is 2. The van der Waals surface area contributed by atoms with Gasteiger partial charge in [0.2, 0.25) is 11.7 Å². The van der Waals surface area contributed by atoms with E-state index in [4.69, 9.17) is 26.1 Å². The fraction of sp³-hybridized carbons (Fsp3) is 0.400. The van der Waals surface area contributed by atoms with Crippen LogP contribution in [0, 0.1) is 0 Å². The molecule has 3 aromatic rings. The maximum absolute atomic E-state index is 12.6. The summed E-state index contributed by atoms with van der Waals surface area (Å²) in [6.07, 6.45) is 4.99. The quantitative estimate of drug-likeness (QED) is 0.579. The van der Waals surface area contributed by atoms with Crippen LogP contribution in [0.3, 0.4) is 0 Å². The summed E-state index contributed by atoms with van der Waals surface area (Å²) >= 11 is 5.98. The standard InChI is InChI=1S/C20H22ClN3O3/c1-2-3-4-9-23-19(27-16-12-26-13-16)10-18(25)24-11-17(22-20(23)24)14-5-7-15(21)8-6-14/h5-8,10-11,16H,2-4,9,12-13H2,1H3. The Hall–Kier alpha value is -2.31. The third kappa shape index (κ3) is 3.73. The summed E-state index contributed by atoms with van der Waals surface area (Å²) in [5, 5.41) is 0.667. The predicted octanol–water partition coefficient (Wildman–Crippen LogP) is 3.78. The Morgan fingerprint density at radius 1 is 1.26 bits per heavy atom. The maximum atomic E-state index is 12.6. The summed E-state index contributed by atoms with van der Waals surface area (Å²) < 4.78 is 14.8. The molecule has 1 saturated heterocycles. The van der Waals surface area contributed by atoms with Crippen LogP contribution in [0.15, 0.2) is 41.3 Å². The lowest BCUT2D eigenvalue weighted by atomic mass is 10.2. The Morgan fingerprint density at radius 3 is 2.70 bits per heavy atom. The number of aryl methyl sites for hydroxylation is 1. The zero-order valence-electron chi connectivity index (χ0n) is 15.2. The number of benzene rings is 1. The van der Waals surface area contributed by atoms with Crippen LogP contribution in [0.2, 0.25) is 5.02 Å². The van der Waals surface area contributed by atoms with Gasteiger partial charge >= 0.3 is 0 Å². The molecule has 0 atom stereocenters. The second-order valence-electron chi connectivity index (χ2n) is 6.76. The van der Waals surface area contributed by atoms with Crippen LogP contribution in [0.5, 0.6) is 5.88 Å². The van der Waals surface area contributed by atoms with Gasteiger partial charge in [-0.15, -0.1) is 0 Å². The highest BCUT2D eigenvalue weighted by atomic mass is 35.5. The van der Waals surface area contributed by atoms with E-state index in [-0.39, 0.29) is 11.7 Å². The predicted molar refractivity (Wildman–Crippen MR) is 105 cm³/mol. The Labute approximate surface area is 162 Å². The molecule has 0 radical (unpaired) electrons. The molecule has 142 valence electrons. The summed E-state index contributed by atoms with van der Waals surface area (Å²) in [5.74, 6) is 1.16.